The van der Waals surface area contributed by atoms with Gasteiger partial charge in [0.1, 0.15) is 6.54 Å². The number of piperidine rings is 1. The molecule has 0 radical (unpaired) electrons. The van der Waals surface area contributed by atoms with Crippen LogP contribution in [0.5, 0.6) is 0 Å². The Kier molecular flexibility index (Phi) is 2.73. The fourth-order valence-corrected chi connectivity index (χ4v) is 1.79. The van der Waals surface area contributed by atoms with Gasteiger partial charge in [-0.1, -0.05) is 6.92 Å². The van der Waals surface area contributed by atoms with E-state index in [9.17, 15) is 9.90 Å². The summed E-state index contributed by atoms with van der Waals surface area (Å²) in [5, 5.41) is 10.4. The third-order valence-corrected chi connectivity index (χ3v) is 2.83. The smallest absolute Gasteiger partial charge is 0.119 e. The standard InChI is InChI=1S/C9H17NO2/c1-8-3-5-10(2,6-4-8)7-9(11)12/h8H,3-7H2,1-2H3. The van der Waals surface area contributed by atoms with E-state index in [1.54, 1.807) is 0 Å². The summed E-state index contributed by atoms with van der Waals surface area (Å²) >= 11 is 0. The van der Waals surface area contributed by atoms with Gasteiger partial charge in [-0.15, -0.1) is 0 Å². The van der Waals surface area contributed by atoms with E-state index in [4.69, 9.17) is 0 Å². The molecule has 0 aliphatic carbocycles. The van der Waals surface area contributed by atoms with Crippen LogP contribution in [0.4, 0.5) is 0 Å². The molecule has 0 unspecified atom stereocenters. The molecule has 0 saturated carbocycles. The molecule has 0 aromatic carbocycles. The van der Waals surface area contributed by atoms with E-state index in [2.05, 4.69) is 6.92 Å². The molecular formula is C9H17NO2. The highest BCUT2D eigenvalue weighted by molar-refractivity contribution is 5.65. The predicted molar refractivity (Wildman–Crippen MR) is 44.2 cm³/mol. The maximum atomic E-state index is 10.4. The summed E-state index contributed by atoms with van der Waals surface area (Å²) in [7, 11) is 2.00. The molecule has 1 heterocycles. The predicted octanol–water partition coefficient (Wildman–Crippen LogP) is -0.387. The van der Waals surface area contributed by atoms with Crippen molar-refractivity contribution >= 4 is 5.97 Å². The number of carbonyl (C=O) groups is 1. The molecule has 0 spiro atoms. The Balaban J connectivity index is 2.44. The van der Waals surface area contributed by atoms with Crippen molar-refractivity contribution in [3.05, 3.63) is 0 Å². The number of nitrogens with zero attached hydrogens (tertiary/aromatic N) is 1. The zero-order valence-corrected chi connectivity index (χ0v) is 7.88. The van der Waals surface area contributed by atoms with Gasteiger partial charge in [-0.05, 0) is 18.8 Å². The van der Waals surface area contributed by atoms with Crippen LogP contribution in [0.25, 0.3) is 0 Å². The number of hydrogen-bond donors (Lipinski definition) is 0. The van der Waals surface area contributed by atoms with Crippen molar-refractivity contribution in [2.45, 2.75) is 19.8 Å². The van der Waals surface area contributed by atoms with E-state index in [-0.39, 0.29) is 6.54 Å². The van der Waals surface area contributed by atoms with Gasteiger partial charge in [-0.3, -0.25) is 0 Å². The first kappa shape index (κ1) is 9.52. The number of likely N-dealkylation sites (N-methyl/N-ethyl adjacent to an activating group) is 1. The third kappa shape index (κ3) is 2.48. The van der Waals surface area contributed by atoms with Gasteiger partial charge in [0.2, 0.25) is 0 Å². The van der Waals surface area contributed by atoms with Crippen molar-refractivity contribution in [3.63, 3.8) is 0 Å². The summed E-state index contributed by atoms with van der Waals surface area (Å²) in [5.41, 5.74) is 0. The number of carboxylic acid groups (broad SMARTS) is 1. The van der Waals surface area contributed by atoms with E-state index in [0.717, 1.165) is 31.8 Å². The quantitative estimate of drug-likeness (QED) is 0.531. The molecule has 1 aliphatic rings. The molecule has 3 nitrogen and oxygen atoms in total. The van der Waals surface area contributed by atoms with Crippen molar-refractivity contribution in [1.82, 2.24) is 0 Å². The normalized spacial score (nSPS) is 36.3. The minimum absolute atomic E-state index is 0.173. The van der Waals surface area contributed by atoms with Gasteiger partial charge in [0.05, 0.1) is 26.1 Å². The van der Waals surface area contributed by atoms with E-state index < -0.39 is 5.97 Å². The van der Waals surface area contributed by atoms with Gasteiger partial charge in [0.25, 0.3) is 0 Å². The topological polar surface area (TPSA) is 40.1 Å². The van der Waals surface area contributed by atoms with Gasteiger partial charge in [0.15, 0.2) is 0 Å². The van der Waals surface area contributed by atoms with Gasteiger partial charge < -0.3 is 14.4 Å². The summed E-state index contributed by atoms with van der Waals surface area (Å²) in [6.07, 6.45) is 2.29. The number of rotatable bonds is 2. The minimum Gasteiger partial charge on any atom is -0.544 e. The summed E-state index contributed by atoms with van der Waals surface area (Å²) in [4.78, 5) is 10.4. The molecule has 0 aromatic heterocycles. The zero-order chi connectivity index (χ0) is 9.19. The Morgan fingerprint density at radius 1 is 1.50 bits per heavy atom. The zero-order valence-electron chi connectivity index (χ0n) is 7.88. The van der Waals surface area contributed by atoms with Crippen LogP contribution < -0.4 is 5.11 Å². The second kappa shape index (κ2) is 3.44. The largest absolute Gasteiger partial charge is 0.544 e. The van der Waals surface area contributed by atoms with Gasteiger partial charge in [-0.25, -0.2) is 0 Å². The Morgan fingerprint density at radius 2 is 2.00 bits per heavy atom. The molecule has 0 atom stereocenters. The first-order valence-electron chi connectivity index (χ1n) is 4.55. The number of carbonyl (C=O) groups excluding carboxylic acids is 1. The van der Waals surface area contributed by atoms with Crippen LogP contribution in [0.3, 0.4) is 0 Å². The molecule has 1 aliphatic heterocycles. The van der Waals surface area contributed by atoms with E-state index in [1.807, 2.05) is 7.05 Å². The highest BCUT2D eigenvalue weighted by Crippen LogP contribution is 2.20. The van der Waals surface area contributed by atoms with Gasteiger partial charge >= 0.3 is 0 Å². The Labute approximate surface area is 73.6 Å². The number of carboxylic acids is 1. The second-order valence-electron chi connectivity index (χ2n) is 4.28. The second-order valence-corrected chi connectivity index (χ2v) is 4.28. The molecule has 70 valence electrons. The molecule has 0 bridgehead atoms. The van der Waals surface area contributed by atoms with Crippen LogP contribution in [0, 0.1) is 5.92 Å². The number of quaternary nitrogens is 1. The number of aliphatic carboxylic acids is 1. The first-order valence-corrected chi connectivity index (χ1v) is 4.55. The van der Waals surface area contributed by atoms with E-state index in [0.29, 0.717) is 4.48 Å². The lowest BCUT2D eigenvalue weighted by Gasteiger charge is -2.39. The van der Waals surface area contributed by atoms with Crippen molar-refractivity contribution in [3.8, 4) is 0 Å². The van der Waals surface area contributed by atoms with Crippen LogP contribution >= 0.6 is 0 Å². The Bertz CT molecular complexity index is 171. The van der Waals surface area contributed by atoms with Crippen LogP contribution in [0.2, 0.25) is 0 Å². The molecule has 0 aromatic rings. The van der Waals surface area contributed by atoms with Gasteiger partial charge in [-0.2, -0.15) is 0 Å². The maximum Gasteiger partial charge on any atom is 0.119 e. The Hall–Kier alpha value is -0.570. The van der Waals surface area contributed by atoms with Crippen LogP contribution in [-0.2, 0) is 4.79 Å². The van der Waals surface area contributed by atoms with Crippen LogP contribution in [0.15, 0.2) is 0 Å². The monoisotopic (exact) mass is 171 g/mol. The highest BCUT2D eigenvalue weighted by Gasteiger charge is 2.27. The highest BCUT2D eigenvalue weighted by atomic mass is 16.4. The summed E-state index contributed by atoms with van der Waals surface area (Å²) < 4.78 is 0.659. The fourth-order valence-electron chi connectivity index (χ4n) is 1.79. The van der Waals surface area contributed by atoms with E-state index in [1.165, 1.54) is 0 Å². The number of hydrogen-bond acceptors (Lipinski definition) is 2. The average molecular weight is 171 g/mol. The van der Waals surface area contributed by atoms with Crippen molar-refractivity contribution < 1.29 is 14.4 Å². The molecule has 0 amide bonds. The minimum atomic E-state index is -0.924. The molecule has 12 heavy (non-hydrogen) atoms. The lowest BCUT2D eigenvalue weighted by molar-refractivity contribution is -0.909. The fraction of sp³-hybridized carbons (Fsp3) is 0.889. The summed E-state index contributed by atoms with van der Waals surface area (Å²) in [6.45, 7) is 4.36. The lowest BCUT2D eigenvalue weighted by Crippen LogP contribution is -2.54. The lowest BCUT2D eigenvalue weighted by atomic mass is 9.97. The maximum absolute atomic E-state index is 10.4. The van der Waals surface area contributed by atoms with Crippen LogP contribution in [-0.4, -0.2) is 37.1 Å². The van der Waals surface area contributed by atoms with Crippen molar-refractivity contribution in [1.29, 1.82) is 0 Å². The molecule has 1 rings (SSSR count). The number of likely N-dealkylation sites (tertiary alicyclic amines) is 1. The molecule has 1 saturated heterocycles. The molecule has 0 N–H and O–H groups in total. The first-order chi connectivity index (χ1) is 5.52. The summed E-state index contributed by atoms with van der Waals surface area (Å²) in [5.74, 6) is -0.162. The molecular weight excluding hydrogens is 154 g/mol. The Morgan fingerprint density at radius 3 is 2.42 bits per heavy atom. The third-order valence-electron chi connectivity index (χ3n) is 2.83. The SMILES string of the molecule is CC1CC[N+](C)(CC(=O)[O-])CC1. The summed E-state index contributed by atoms with van der Waals surface area (Å²) in [6, 6.07) is 0. The van der Waals surface area contributed by atoms with E-state index >= 15 is 0 Å². The van der Waals surface area contributed by atoms with Crippen LogP contribution in [0.1, 0.15) is 19.8 Å². The van der Waals surface area contributed by atoms with Crippen molar-refractivity contribution in [2.75, 3.05) is 26.7 Å². The average Bonchev–Trinajstić information content (AvgIpc) is 1.94. The molecule has 1 fully saturated rings. The molecule has 3 heteroatoms. The van der Waals surface area contributed by atoms with Crippen molar-refractivity contribution in [2.24, 2.45) is 5.92 Å². The van der Waals surface area contributed by atoms with Gasteiger partial charge in [0, 0.05) is 0 Å².